The quantitative estimate of drug-likeness (QED) is 0.746. The Labute approximate surface area is 108 Å². The van der Waals surface area contributed by atoms with Crippen molar-refractivity contribution in [3.8, 4) is 5.75 Å². The van der Waals surface area contributed by atoms with Crippen LogP contribution in [0.25, 0.3) is 0 Å². The summed E-state index contributed by atoms with van der Waals surface area (Å²) in [6.07, 6.45) is 0.828. The number of amides is 1. The van der Waals surface area contributed by atoms with Gasteiger partial charge in [0.15, 0.2) is 0 Å². The second kappa shape index (κ2) is 6.40. The summed E-state index contributed by atoms with van der Waals surface area (Å²) in [7, 11) is 0. The molecule has 0 saturated heterocycles. The first-order valence-corrected chi connectivity index (χ1v) is 6.24. The molecule has 4 N–H and O–H groups in total. The second-order valence-corrected chi connectivity index (χ2v) is 5.06. The zero-order valence-electron chi connectivity index (χ0n) is 11.2. The molecule has 18 heavy (non-hydrogen) atoms. The molecule has 0 aliphatic rings. The second-order valence-electron chi connectivity index (χ2n) is 5.06. The van der Waals surface area contributed by atoms with Crippen LogP contribution < -0.4 is 11.1 Å². The average Bonchev–Trinajstić information content (AvgIpc) is 2.30. The van der Waals surface area contributed by atoms with Crippen LogP contribution in [0.5, 0.6) is 5.75 Å². The Morgan fingerprint density at radius 3 is 2.67 bits per heavy atom. The first-order valence-electron chi connectivity index (χ1n) is 6.24. The Morgan fingerprint density at radius 1 is 1.44 bits per heavy atom. The average molecular weight is 250 g/mol. The zero-order valence-corrected chi connectivity index (χ0v) is 11.2. The fourth-order valence-electron chi connectivity index (χ4n) is 1.88. The van der Waals surface area contributed by atoms with E-state index < -0.39 is 0 Å². The summed E-state index contributed by atoms with van der Waals surface area (Å²) in [5.41, 5.74) is 6.88. The van der Waals surface area contributed by atoms with Crippen molar-refractivity contribution in [2.24, 2.45) is 11.7 Å². The maximum Gasteiger partial charge on any atom is 0.255 e. The van der Waals surface area contributed by atoms with Crippen molar-refractivity contribution in [1.29, 1.82) is 0 Å². The van der Waals surface area contributed by atoms with E-state index >= 15 is 0 Å². The summed E-state index contributed by atoms with van der Waals surface area (Å²) in [6, 6.07) is 4.91. The summed E-state index contributed by atoms with van der Waals surface area (Å²) in [5.74, 6) is 0.190. The lowest BCUT2D eigenvalue weighted by molar-refractivity contribution is 0.0931. The molecule has 1 amide bonds. The lowest BCUT2D eigenvalue weighted by Gasteiger charge is -2.19. The maximum atomic E-state index is 12.0. The number of hydrogen-bond acceptors (Lipinski definition) is 3. The van der Waals surface area contributed by atoms with Crippen LogP contribution in [0.3, 0.4) is 0 Å². The number of carbonyl (C=O) groups excluding carboxylic acids is 1. The van der Waals surface area contributed by atoms with E-state index in [9.17, 15) is 9.90 Å². The van der Waals surface area contributed by atoms with Gasteiger partial charge in [-0.15, -0.1) is 0 Å². The van der Waals surface area contributed by atoms with Crippen molar-refractivity contribution in [1.82, 2.24) is 5.32 Å². The van der Waals surface area contributed by atoms with Gasteiger partial charge in [0.2, 0.25) is 0 Å². The Morgan fingerprint density at radius 2 is 2.11 bits per heavy atom. The molecule has 0 heterocycles. The topological polar surface area (TPSA) is 75.3 Å². The van der Waals surface area contributed by atoms with E-state index in [2.05, 4.69) is 19.2 Å². The molecule has 1 aromatic rings. The standard InChI is InChI=1S/C14H22N2O2/c1-9(2)6-11(8-15)16-14(18)12-7-10(3)4-5-13(12)17/h4-5,7,9,11,17H,6,8,15H2,1-3H3,(H,16,18). The van der Waals surface area contributed by atoms with Crippen LogP contribution in [0.15, 0.2) is 18.2 Å². The molecule has 0 aliphatic heterocycles. The molecule has 1 unspecified atom stereocenters. The van der Waals surface area contributed by atoms with Crippen LogP contribution in [-0.4, -0.2) is 23.6 Å². The van der Waals surface area contributed by atoms with Crippen LogP contribution in [-0.2, 0) is 0 Å². The van der Waals surface area contributed by atoms with Crippen LogP contribution in [0, 0.1) is 12.8 Å². The van der Waals surface area contributed by atoms with E-state index in [1.165, 1.54) is 6.07 Å². The lowest BCUT2D eigenvalue weighted by Crippen LogP contribution is -2.41. The van der Waals surface area contributed by atoms with Gasteiger partial charge in [-0.2, -0.15) is 0 Å². The molecule has 0 radical (unpaired) electrons. The number of benzene rings is 1. The highest BCUT2D eigenvalue weighted by molar-refractivity contribution is 5.97. The van der Waals surface area contributed by atoms with Gasteiger partial charge in [-0.1, -0.05) is 25.5 Å². The Hall–Kier alpha value is -1.55. The molecular weight excluding hydrogens is 228 g/mol. The van der Waals surface area contributed by atoms with Crippen molar-refractivity contribution >= 4 is 5.91 Å². The molecular formula is C14H22N2O2. The zero-order chi connectivity index (χ0) is 13.7. The molecule has 0 spiro atoms. The van der Waals surface area contributed by atoms with Gasteiger partial charge in [0.05, 0.1) is 5.56 Å². The molecule has 0 bridgehead atoms. The summed E-state index contributed by atoms with van der Waals surface area (Å²) in [6.45, 7) is 6.44. The fraction of sp³-hybridized carbons (Fsp3) is 0.500. The van der Waals surface area contributed by atoms with Gasteiger partial charge >= 0.3 is 0 Å². The van der Waals surface area contributed by atoms with E-state index in [-0.39, 0.29) is 17.7 Å². The molecule has 1 atom stereocenters. The van der Waals surface area contributed by atoms with E-state index in [0.717, 1.165) is 12.0 Å². The third-order valence-corrected chi connectivity index (χ3v) is 2.77. The number of carbonyl (C=O) groups is 1. The van der Waals surface area contributed by atoms with Crippen molar-refractivity contribution in [3.63, 3.8) is 0 Å². The van der Waals surface area contributed by atoms with Crippen molar-refractivity contribution in [2.75, 3.05) is 6.54 Å². The minimum atomic E-state index is -0.271. The number of aryl methyl sites for hydroxylation is 1. The molecule has 100 valence electrons. The Bertz CT molecular complexity index is 416. The van der Waals surface area contributed by atoms with Gasteiger partial charge in [0.1, 0.15) is 5.75 Å². The van der Waals surface area contributed by atoms with E-state index in [1.807, 2.05) is 6.92 Å². The third kappa shape index (κ3) is 4.04. The summed E-state index contributed by atoms with van der Waals surface area (Å²) >= 11 is 0. The SMILES string of the molecule is Cc1ccc(O)c(C(=O)NC(CN)CC(C)C)c1. The predicted molar refractivity (Wildman–Crippen MR) is 72.6 cm³/mol. The largest absolute Gasteiger partial charge is 0.507 e. The Kier molecular flexibility index (Phi) is 5.16. The first-order chi connectivity index (χ1) is 8.43. The number of aromatic hydroxyl groups is 1. The van der Waals surface area contributed by atoms with Crippen LogP contribution in [0.4, 0.5) is 0 Å². The minimum Gasteiger partial charge on any atom is -0.507 e. The number of nitrogens with one attached hydrogen (secondary N) is 1. The number of phenols is 1. The van der Waals surface area contributed by atoms with Crippen LogP contribution in [0.2, 0.25) is 0 Å². The van der Waals surface area contributed by atoms with Gasteiger partial charge in [-0.25, -0.2) is 0 Å². The van der Waals surface area contributed by atoms with Crippen LogP contribution in [0.1, 0.15) is 36.2 Å². The smallest absolute Gasteiger partial charge is 0.255 e. The molecule has 4 heteroatoms. The van der Waals surface area contributed by atoms with Crippen molar-refractivity contribution in [3.05, 3.63) is 29.3 Å². The fourth-order valence-corrected chi connectivity index (χ4v) is 1.88. The highest BCUT2D eigenvalue weighted by Crippen LogP contribution is 2.18. The highest BCUT2D eigenvalue weighted by Gasteiger charge is 2.16. The van der Waals surface area contributed by atoms with E-state index in [1.54, 1.807) is 12.1 Å². The van der Waals surface area contributed by atoms with Gasteiger partial charge in [-0.3, -0.25) is 4.79 Å². The molecule has 1 rings (SSSR count). The molecule has 0 fully saturated rings. The highest BCUT2D eigenvalue weighted by atomic mass is 16.3. The molecule has 1 aromatic carbocycles. The number of nitrogens with two attached hydrogens (primary N) is 1. The van der Waals surface area contributed by atoms with E-state index in [0.29, 0.717) is 18.0 Å². The maximum absolute atomic E-state index is 12.0. The predicted octanol–water partition coefficient (Wildman–Crippen LogP) is 1.80. The van der Waals surface area contributed by atoms with E-state index in [4.69, 9.17) is 5.73 Å². The molecule has 4 nitrogen and oxygen atoms in total. The first kappa shape index (κ1) is 14.5. The molecule has 0 aliphatic carbocycles. The summed E-state index contributed by atoms with van der Waals surface area (Å²) in [5, 5.41) is 12.5. The normalized spacial score (nSPS) is 12.5. The van der Waals surface area contributed by atoms with Gasteiger partial charge in [0, 0.05) is 12.6 Å². The third-order valence-electron chi connectivity index (χ3n) is 2.77. The van der Waals surface area contributed by atoms with Gasteiger partial charge in [0.25, 0.3) is 5.91 Å². The lowest BCUT2D eigenvalue weighted by atomic mass is 10.0. The number of rotatable bonds is 5. The summed E-state index contributed by atoms with van der Waals surface area (Å²) < 4.78 is 0. The Balaban J connectivity index is 2.77. The minimum absolute atomic E-state index is 0.00146. The number of hydrogen-bond donors (Lipinski definition) is 3. The summed E-state index contributed by atoms with van der Waals surface area (Å²) in [4.78, 5) is 12.0. The van der Waals surface area contributed by atoms with Crippen molar-refractivity contribution < 1.29 is 9.90 Å². The van der Waals surface area contributed by atoms with Crippen LogP contribution >= 0.6 is 0 Å². The van der Waals surface area contributed by atoms with Gasteiger partial charge < -0.3 is 16.2 Å². The van der Waals surface area contributed by atoms with Gasteiger partial charge in [-0.05, 0) is 31.4 Å². The molecule has 0 aromatic heterocycles. The monoisotopic (exact) mass is 250 g/mol. The number of phenolic OH excluding ortho intramolecular Hbond substituents is 1. The molecule has 0 saturated carbocycles. The van der Waals surface area contributed by atoms with Crippen molar-refractivity contribution in [2.45, 2.75) is 33.2 Å².